The monoisotopic (exact) mass is 561 g/mol. The van der Waals surface area contributed by atoms with Gasteiger partial charge in [0.25, 0.3) is 0 Å². The molecule has 0 saturated heterocycles. The summed E-state index contributed by atoms with van der Waals surface area (Å²) in [7, 11) is 5.35. The van der Waals surface area contributed by atoms with Gasteiger partial charge in [-0.05, 0) is 72.3 Å². The highest BCUT2D eigenvalue weighted by Crippen LogP contribution is 2.46. The number of aliphatic hydroxyl groups is 1. The van der Waals surface area contributed by atoms with Crippen molar-refractivity contribution < 1.29 is 48.3 Å². The lowest BCUT2D eigenvalue weighted by atomic mass is 9.93. The third-order valence-electron chi connectivity index (χ3n) is 6.66. The number of carboxylic acid groups (broad SMARTS) is 1. The molecule has 1 atom stereocenters. The minimum Gasteiger partial charge on any atom is -0.497 e. The zero-order valence-corrected chi connectivity index (χ0v) is 22.7. The van der Waals surface area contributed by atoms with Crippen LogP contribution >= 0.6 is 0 Å². The molecule has 0 spiro atoms. The minimum absolute atomic E-state index is 0.0932. The zero-order chi connectivity index (χ0) is 29.9. The van der Waals surface area contributed by atoms with Crippen molar-refractivity contribution in [3.8, 4) is 17.2 Å². The van der Waals surface area contributed by atoms with Crippen LogP contribution in [-0.4, -0.2) is 67.9 Å². The number of carbonyl (C=O) groups is 4. The zero-order valence-electron chi connectivity index (χ0n) is 22.7. The van der Waals surface area contributed by atoms with Gasteiger partial charge in [-0.3, -0.25) is 14.4 Å². The second-order valence-corrected chi connectivity index (χ2v) is 8.93. The SMILES string of the molecule is COC(=O)CC1(O)C(=O)C(C(=O)c2ccc(OC)cc2)=C(c2ccc(OC)cc2)N1c1ccc(OC)cc1C(=O)O. The lowest BCUT2D eigenvalue weighted by Crippen LogP contribution is -2.52. The van der Waals surface area contributed by atoms with Crippen LogP contribution in [0, 0.1) is 0 Å². The predicted octanol–water partition coefficient (Wildman–Crippen LogP) is 3.35. The van der Waals surface area contributed by atoms with Crippen molar-refractivity contribution >= 4 is 34.9 Å². The Morgan fingerprint density at radius 3 is 1.85 bits per heavy atom. The molecule has 11 nitrogen and oxygen atoms in total. The fourth-order valence-corrected chi connectivity index (χ4v) is 4.59. The Balaban J connectivity index is 2.08. The predicted molar refractivity (Wildman–Crippen MR) is 146 cm³/mol. The Labute approximate surface area is 235 Å². The molecule has 11 heteroatoms. The molecule has 4 rings (SSSR count). The molecule has 0 aliphatic carbocycles. The number of carboxylic acids is 1. The van der Waals surface area contributed by atoms with Crippen molar-refractivity contribution in [2.75, 3.05) is 33.3 Å². The number of aromatic carboxylic acids is 1. The van der Waals surface area contributed by atoms with E-state index in [9.17, 15) is 29.4 Å². The van der Waals surface area contributed by atoms with Gasteiger partial charge < -0.3 is 34.1 Å². The third-order valence-corrected chi connectivity index (χ3v) is 6.66. The van der Waals surface area contributed by atoms with Crippen LogP contribution < -0.4 is 19.1 Å². The van der Waals surface area contributed by atoms with E-state index in [1.165, 1.54) is 63.8 Å². The summed E-state index contributed by atoms with van der Waals surface area (Å²) in [5.41, 5.74) is -3.46. The summed E-state index contributed by atoms with van der Waals surface area (Å²) in [6, 6.07) is 16.2. The molecule has 0 fully saturated rings. The Kier molecular flexibility index (Phi) is 8.11. The van der Waals surface area contributed by atoms with E-state index in [2.05, 4.69) is 0 Å². The molecule has 0 saturated carbocycles. The van der Waals surface area contributed by atoms with Gasteiger partial charge in [-0.25, -0.2) is 4.79 Å². The van der Waals surface area contributed by atoms with Crippen LogP contribution in [0.2, 0.25) is 0 Å². The van der Waals surface area contributed by atoms with Gasteiger partial charge >= 0.3 is 11.9 Å². The summed E-state index contributed by atoms with van der Waals surface area (Å²) in [6.45, 7) is 0. The Hall–Kier alpha value is -5.16. The number of methoxy groups -OCH3 is 4. The van der Waals surface area contributed by atoms with Gasteiger partial charge in [0.05, 0.1) is 51.0 Å². The number of rotatable bonds is 10. The van der Waals surface area contributed by atoms with Crippen LogP contribution in [0.5, 0.6) is 17.2 Å². The van der Waals surface area contributed by atoms with E-state index in [1.54, 1.807) is 24.3 Å². The van der Waals surface area contributed by atoms with Crippen molar-refractivity contribution in [1.82, 2.24) is 0 Å². The molecule has 2 N–H and O–H groups in total. The average Bonchev–Trinajstić information content (AvgIpc) is 3.22. The first-order chi connectivity index (χ1) is 19.6. The number of ether oxygens (including phenoxy) is 4. The minimum atomic E-state index is -2.72. The molecule has 212 valence electrons. The van der Waals surface area contributed by atoms with Crippen LogP contribution in [0.3, 0.4) is 0 Å². The second kappa shape index (κ2) is 11.5. The Bertz CT molecular complexity index is 1540. The normalized spacial score (nSPS) is 16.4. The van der Waals surface area contributed by atoms with Gasteiger partial charge in [-0.2, -0.15) is 0 Å². The molecule has 0 amide bonds. The average molecular weight is 562 g/mol. The van der Waals surface area contributed by atoms with Gasteiger partial charge in [0.15, 0.2) is 5.78 Å². The summed E-state index contributed by atoms with van der Waals surface area (Å²) >= 11 is 0. The molecular weight excluding hydrogens is 534 g/mol. The molecule has 1 heterocycles. The maximum absolute atomic E-state index is 14.1. The van der Waals surface area contributed by atoms with E-state index in [0.29, 0.717) is 11.5 Å². The van der Waals surface area contributed by atoms with E-state index in [0.717, 1.165) is 12.0 Å². The maximum atomic E-state index is 14.1. The summed E-state index contributed by atoms with van der Waals surface area (Å²) in [4.78, 5) is 54.0. The number of Topliss-reactive ketones (excluding diaryl/α,β-unsaturated/α-hetero) is 2. The maximum Gasteiger partial charge on any atom is 0.337 e. The molecule has 1 aliphatic rings. The van der Waals surface area contributed by atoms with Crippen molar-refractivity contribution in [3.63, 3.8) is 0 Å². The highest BCUT2D eigenvalue weighted by molar-refractivity contribution is 6.37. The largest absolute Gasteiger partial charge is 0.497 e. The summed E-state index contributed by atoms with van der Waals surface area (Å²) in [5.74, 6) is -3.12. The van der Waals surface area contributed by atoms with Crippen molar-refractivity contribution in [1.29, 1.82) is 0 Å². The standard InChI is InChI=1S/C30H27NO10/c1-38-19-9-5-17(6-10-19)26-25(27(33)18-7-11-20(39-2)12-8-18)28(34)30(37,16-24(32)41-4)31(26)23-14-13-21(40-3)15-22(23)29(35)36/h5-15,37H,16H2,1-4H3,(H,35,36). The van der Waals surface area contributed by atoms with E-state index in [-0.39, 0.29) is 33.8 Å². The summed E-state index contributed by atoms with van der Waals surface area (Å²) in [5, 5.41) is 22.1. The van der Waals surface area contributed by atoms with E-state index in [4.69, 9.17) is 18.9 Å². The lowest BCUT2D eigenvalue weighted by molar-refractivity contribution is -0.150. The number of anilines is 1. The highest BCUT2D eigenvalue weighted by Gasteiger charge is 2.56. The van der Waals surface area contributed by atoms with Crippen LogP contribution in [-0.2, 0) is 14.3 Å². The molecular formula is C30H27NO10. The van der Waals surface area contributed by atoms with Crippen LogP contribution in [0.4, 0.5) is 5.69 Å². The van der Waals surface area contributed by atoms with E-state index in [1.807, 2.05) is 0 Å². The third kappa shape index (κ3) is 5.22. The quantitative estimate of drug-likeness (QED) is 0.213. The number of hydrogen-bond donors (Lipinski definition) is 2. The first-order valence-electron chi connectivity index (χ1n) is 12.2. The molecule has 1 aliphatic heterocycles. The van der Waals surface area contributed by atoms with Crippen molar-refractivity contribution in [2.24, 2.45) is 0 Å². The van der Waals surface area contributed by atoms with Crippen molar-refractivity contribution in [3.05, 3.63) is 89.0 Å². The first kappa shape index (κ1) is 28.8. The molecule has 0 bridgehead atoms. The number of benzene rings is 3. The number of nitrogens with zero attached hydrogens (tertiary/aromatic N) is 1. The number of carbonyl (C=O) groups excluding carboxylic acids is 3. The van der Waals surface area contributed by atoms with Gasteiger partial charge in [-0.15, -0.1) is 0 Å². The Morgan fingerprint density at radius 1 is 0.805 bits per heavy atom. The first-order valence-corrected chi connectivity index (χ1v) is 12.2. The van der Waals surface area contributed by atoms with Gasteiger partial charge in [0.2, 0.25) is 11.5 Å². The summed E-state index contributed by atoms with van der Waals surface area (Å²) < 4.78 is 20.3. The van der Waals surface area contributed by atoms with Crippen molar-refractivity contribution in [2.45, 2.75) is 12.1 Å². The molecule has 3 aromatic rings. The second-order valence-electron chi connectivity index (χ2n) is 8.93. The lowest BCUT2D eigenvalue weighted by Gasteiger charge is -2.36. The molecule has 3 aromatic carbocycles. The number of hydrogen-bond acceptors (Lipinski definition) is 10. The number of ketones is 2. The fourth-order valence-electron chi connectivity index (χ4n) is 4.59. The number of esters is 1. The van der Waals surface area contributed by atoms with Crippen LogP contribution in [0.25, 0.3) is 5.70 Å². The fraction of sp³-hybridized carbons (Fsp3) is 0.200. The molecule has 0 aromatic heterocycles. The smallest absolute Gasteiger partial charge is 0.337 e. The molecule has 41 heavy (non-hydrogen) atoms. The van der Waals surface area contributed by atoms with Gasteiger partial charge in [0.1, 0.15) is 23.7 Å². The van der Waals surface area contributed by atoms with E-state index >= 15 is 0 Å². The summed E-state index contributed by atoms with van der Waals surface area (Å²) in [6.07, 6.45) is -0.910. The van der Waals surface area contributed by atoms with E-state index < -0.39 is 41.2 Å². The Morgan fingerprint density at radius 2 is 1.34 bits per heavy atom. The molecule has 1 unspecified atom stereocenters. The highest BCUT2D eigenvalue weighted by atomic mass is 16.5. The van der Waals surface area contributed by atoms with Gasteiger partial charge in [-0.1, -0.05) is 0 Å². The molecule has 0 radical (unpaired) electrons. The van der Waals surface area contributed by atoms with Gasteiger partial charge in [0, 0.05) is 5.56 Å². The van der Waals surface area contributed by atoms with Crippen LogP contribution in [0.15, 0.2) is 72.3 Å². The van der Waals surface area contributed by atoms with Crippen LogP contribution in [0.1, 0.15) is 32.7 Å². The topological polar surface area (TPSA) is 149 Å².